The van der Waals surface area contributed by atoms with E-state index in [9.17, 15) is 4.79 Å². The normalized spacial score (nSPS) is 22.5. The van der Waals surface area contributed by atoms with Gasteiger partial charge >= 0.3 is 0 Å². The van der Waals surface area contributed by atoms with Gasteiger partial charge in [-0.3, -0.25) is 10.1 Å². The van der Waals surface area contributed by atoms with Crippen molar-refractivity contribution >= 4 is 23.4 Å². The quantitative estimate of drug-likeness (QED) is 0.470. The lowest BCUT2D eigenvalue weighted by molar-refractivity contribution is -0.123. The average Bonchev–Trinajstić information content (AvgIpc) is 3.27. The van der Waals surface area contributed by atoms with E-state index < -0.39 is 0 Å². The minimum Gasteiger partial charge on any atom is -0.481 e. The second-order valence-corrected chi connectivity index (χ2v) is 9.12. The van der Waals surface area contributed by atoms with Crippen LogP contribution in [0.15, 0.2) is 42.5 Å². The molecule has 0 spiro atoms. The van der Waals surface area contributed by atoms with E-state index in [1.165, 1.54) is 0 Å². The van der Waals surface area contributed by atoms with Crippen LogP contribution in [-0.4, -0.2) is 42.6 Å². The van der Waals surface area contributed by atoms with Crippen LogP contribution in [0.5, 0.6) is 17.2 Å². The molecule has 8 heteroatoms. The molecule has 2 aromatic rings. The van der Waals surface area contributed by atoms with Crippen molar-refractivity contribution in [3.05, 3.63) is 48.0 Å². The minimum atomic E-state index is -0.213. The summed E-state index contributed by atoms with van der Waals surface area (Å²) in [5.41, 5.74) is 1.52. The number of carbonyl (C=O) groups is 1. The van der Waals surface area contributed by atoms with Crippen LogP contribution in [0.4, 0.5) is 5.69 Å². The number of thioether (sulfide) groups is 1. The molecule has 0 aromatic heterocycles. The first kappa shape index (κ1) is 24.2. The number of hydrogen-bond donors (Lipinski definition) is 3. The van der Waals surface area contributed by atoms with Crippen LogP contribution in [0.3, 0.4) is 0 Å². The first-order valence-electron chi connectivity index (χ1n) is 11.0. The topological polar surface area (TPSA) is 80.9 Å². The number of amides is 1. The van der Waals surface area contributed by atoms with Crippen LogP contribution < -0.4 is 30.2 Å². The largest absolute Gasteiger partial charge is 0.481 e. The molecular weight excluding hydrogens is 462 g/mol. The second kappa shape index (κ2) is 11.5. The van der Waals surface area contributed by atoms with Crippen molar-refractivity contribution in [3.8, 4) is 54.3 Å². The van der Waals surface area contributed by atoms with E-state index in [0.29, 0.717) is 29.4 Å². The smallest absolute Gasteiger partial charge is 0.221 e. The number of terminal acetylenes is 3. The monoisotopic (exact) mass is 487 g/mol. The van der Waals surface area contributed by atoms with Gasteiger partial charge in [0.1, 0.15) is 31.1 Å². The Morgan fingerprint density at radius 3 is 2.54 bits per heavy atom. The van der Waals surface area contributed by atoms with Crippen molar-refractivity contribution in [2.45, 2.75) is 29.3 Å². The maximum absolute atomic E-state index is 12.5. The third kappa shape index (κ3) is 5.78. The first-order valence-corrected chi connectivity index (χ1v) is 12.0. The fourth-order valence-electron chi connectivity index (χ4n) is 4.14. The maximum Gasteiger partial charge on any atom is 0.221 e. The van der Waals surface area contributed by atoms with Gasteiger partial charge in [-0.15, -0.1) is 31.0 Å². The van der Waals surface area contributed by atoms with Crippen LogP contribution in [0.25, 0.3) is 0 Å². The highest BCUT2D eigenvalue weighted by Gasteiger charge is 2.45. The molecule has 2 aliphatic rings. The van der Waals surface area contributed by atoms with E-state index in [-0.39, 0.29) is 48.6 Å². The number of carbonyl (C=O) groups excluding carboxylic acids is 1. The molecule has 35 heavy (non-hydrogen) atoms. The molecule has 4 atom stereocenters. The van der Waals surface area contributed by atoms with E-state index >= 15 is 0 Å². The summed E-state index contributed by atoms with van der Waals surface area (Å²) in [7, 11) is 0. The molecule has 2 aliphatic heterocycles. The Morgan fingerprint density at radius 1 is 1.00 bits per heavy atom. The van der Waals surface area contributed by atoms with Crippen LogP contribution in [0, 0.1) is 37.0 Å². The minimum absolute atomic E-state index is 0.00473. The fraction of sp³-hybridized carbons (Fsp3) is 0.296. The molecule has 3 N–H and O–H groups in total. The van der Waals surface area contributed by atoms with Crippen molar-refractivity contribution in [2.75, 3.05) is 25.1 Å². The lowest BCUT2D eigenvalue weighted by Gasteiger charge is -2.33. The third-order valence-electron chi connectivity index (χ3n) is 5.56. The highest BCUT2D eigenvalue weighted by Crippen LogP contribution is 2.43. The highest BCUT2D eigenvalue weighted by atomic mass is 32.2. The van der Waals surface area contributed by atoms with E-state index in [1.807, 2.05) is 36.4 Å². The molecule has 2 aromatic carbocycles. The summed E-state index contributed by atoms with van der Waals surface area (Å²) in [5, 5.41) is 10.1. The van der Waals surface area contributed by atoms with Crippen LogP contribution in [0.1, 0.15) is 17.9 Å². The third-order valence-corrected chi connectivity index (χ3v) is 7.00. The summed E-state index contributed by atoms with van der Waals surface area (Å²) in [6.07, 6.45) is 16.2. The van der Waals surface area contributed by atoms with Gasteiger partial charge in [-0.25, -0.2) is 0 Å². The Hall–Kier alpha value is -3.90. The molecule has 2 heterocycles. The molecule has 0 aliphatic carbocycles. The molecular formula is C27H25N3O4S. The average molecular weight is 488 g/mol. The zero-order chi connectivity index (χ0) is 24.6. The first-order chi connectivity index (χ1) is 17.1. The van der Waals surface area contributed by atoms with Gasteiger partial charge in [0.05, 0.1) is 11.9 Å². The SMILES string of the molecule is C#CCOc1cccc(C2CC(=O)NC3NC(Nc4cccc(OCC#C)c4OCC#C)SC32)c1. The van der Waals surface area contributed by atoms with Gasteiger partial charge in [0.15, 0.2) is 11.5 Å². The van der Waals surface area contributed by atoms with Crippen LogP contribution in [0.2, 0.25) is 0 Å². The molecule has 4 rings (SSSR count). The summed E-state index contributed by atoms with van der Waals surface area (Å²) in [5.74, 6) is 9.05. The molecule has 0 bridgehead atoms. The summed E-state index contributed by atoms with van der Waals surface area (Å²) in [6, 6.07) is 13.2. The van der Waals surface area contributed by atoms with Crippen molar-refractivity contribution in [1.29, 1.82) is 0 Å². The fourth-order valence-corrected chi connectivity index (χ4v) is 5.62. The molecule has 178 valence electrons. The summed E-state index contributed by atoms with van der Waals surface area (Å²) >= 11 is 1.70. The highest BCUT2D eigenvalue weighted by molar-refractivity contribution is 8.00. The number of fused-ring (bicyclic) bond motifs is 1. The van der Waals surface area contributed by atoms with Crippen LogP contribution in [-0.2, 0) is 4.79 Å². The molecule has 2 saturated heterocycles. The van der Waals surface area contributed by atoms with Gasteiger partial charge in [-0.05, 0) is 29.8 Å². The molecule has 7 nitrogen and oxygen atoms in total. The van der Waals surface area contributed by atoms with Gasteiger partial charge in [0, 0.05) is 17.6 Å². The number of anilines is 1. The van der Waals surface area contributed by atoms with Crippen LogP contribution >= 0.6 is 11.8 Å². The molecule has 0 saturated carbocycles. The Labute approximate surface area is 209 Å². The van der Waals surface area contributed by atoms with E-state index in [4.69, 9.17) is 33.5 Å². The lowest BCUT2D eigenvalue weighted by atomic mass is 9.87. The van der Waals surface area contributed by atoms with E-state index in [2.05, 4.69) is 33.7 Å². The number of piperidine rings is 1. The number of nitrogens with one attached hydrogen (secondary N) is 3. The molecule has 2 fully saturated rings. The molecule has 4 unspecified atom stereocenters. The van der Waals surface area contributed by atoms with Crippen molar-refractivity contribution < 1.29 is 19.0 Å². The molecule has 0 radical (unpaired) electrons. The van der Waals surface area contributed by atoms with E-state index in [0.717, 1.165) is 5.56 Å². The number of hydrogen-bond acceptors (Lipinski definition) is 7. The number of rotatable bonds is 9. The number of para-hydroxylation sites is 1. The standard InChI is InChI=1S/C27H25N3O4S/c1-4-13-32-19-10-7-9-18(16-19)20-17-23(31)29-26-25(20)35-27(30-26)28-21-11-8-12-22(33-14-5-2)24(21)34-15-6-3/h1-3,7-12,16,20,25-28,30H,13-15,17H2,(H,29,31). The van der Waals surface area contributed by atoms with Crippen molar-refractivity contribution in [2.24, 2.45) is 0 Å². The van der Waals surface area contributed by atoms with Gasteiger partial charge in [-0.2, -0.15) is 0 Å². The predicted molar refractivity (Wildman–Crippen MR) is 137 cm³/mol. The van der Waals surface area contributed by atoms with Gasteiger partial charge in [-0.1, -0.05) is 36.0 Å². The number of benzene rings is 2. The van der Waals surface area contributed by atoms with Crippen molar-refractivity contribution in [3.63, 3.8) is 0 Å². The Kier molecular flexibility index (Phi) is 7.95. The predicted octanol–water partition coefficient (Wildman–Crippen LogP) is 2.75. The summed E-state index contributed by atoms with van der Waals surface area (Å²) in [4.78, 5) is 12.5. The van der Waals surface area contributed by atoms with Crippen molar-refractivity contribution in [1.82, 2.24) is 10.6 Å². The Balaban J connectivity index is 1.53. The molecule has 1 amide bonds. The summed E-state index contributed by atoms with van der Waals surface area (Å²) in [6.45, 7) is 0.378. The van der Waals surface area contributed by atoms with Gasteiger partial charge < -0.3 is 24.8 Å². The van der Waals surface area contributed by atoms with Gasteiger partial charge in [0.25, 0.3) is 0 Å². The van der Waals surface area contributed by atoms with E-state index in [1.54, 1.807) is 17.8 Å². The van der Waals surface area contributed by atoms with Gasteiger partial charge in [0.2, 0.25) is 5.91 Å². The zero-order valence-corrected chi connectivity index (χ0v) is 19.8. The lowest BCUT2D eigenvalue weighted by Crippen LogP contribution is -2.54. The Morgan fingerprint density at radius 2 is 1.74 bits per heavy atom. The number of ether oxygens (including phenoxy) is 3. The summed E-state index contributed by atoms with van der Waals surface area (Å²) < 4.78 is 17.0. The second-order valence-electron chi connectivity index (χ2n) is 7.83. The maximum atomic E-state index is 12.5. The zero-order valence-electron chi connectivity index (χ0n) is 19.0. The Bertz CT molecular complexity index is 1200.